The van der Waals surface area contributed by atoms with Gasteiger partial charge in [-0.05, 0) is 12.2 Å². The Bertz CT molecular complexity index is 233. The molecule has 5 heteroatoms. The fourth-order valence-electron chi connectivity index (χ4n) is 1.70. The Morgan fingerprint density at radius 3 is 2.64 bits per heavy atom. The van der Waals surface area contributed by atoms with Gasteiger partial charge in [-0.1, -0.05) is 6.92 Å². The van der Waals surface area contributed by atoms with Gasteiger partial charge in [0.2, 0.25) is 0 Å². The minimum Gasteiger partial charge on any atom is -0.468 e. The van der Waals surface area contributed by atoms with Gasteiger partial charge in [0.25, 0.3) is 5.92 Å². The SMILES string of the molecule is CCC1(C(=O)OC)CSCCC1(F)F. The van der Waals surface area contributed by atoms with Crippen molar-refractivity contribution in [2.75, 3.05) is 18.6 Å². The maximum atomic E-state index is 13.6. The molecule has 0 aromatic carbocycles. The van der Waals surface area contributed by atoms with Gasteiger partial charge in [-0.25, -0.2) is 8.78 Å². The van der Waals surface area contributed by atoms with E-state index < -0.39 is 17.3 Å². The van der Waals surface area contributed by atoms with Crippen LogP contribution in [-0.4, -0.2) is 30.5 Å². The first-order chi connectivity index (χ1) is 6.50. The van der Waals surface area contributed by atoms with Crippen LogP contribution in [0.2, 0.25) is 0 Å². The summed E-state index contributed by atoms with van der Waals surface area (Å²) in [5.74, 6) is -3.15. The van der Waals surface area contributed by atoms with Crippen molar-refractivity contribution in [2.45, 2.75) is 25.7 Å². The van der Waals surface area contributed by atoms with Crippen LogP contribution in [0.15, 0.2) is 0 Å². The van der Waals surface area contributed by atoms with E-state index in [-0.39, 0.29) is 18.6 Å². The summed E-state index contributed by atoms with van der Waals surface area (Å²) in [5, 5.41) is 0. The number of thioether (sulfide) groups is 1. The zero-order valence-electron chi connectivity index (χ0n) is 8.31. The number of methoxy groups -OCH3 is 1. The van der Waals surface area contributed by atoms with Gasteiger partial charge >= 0.3 is 5.97 Å². The molecule has 0 aromatic heterocycles. The molecule has 0 amide bonds. The van der Waals surface area contributed by atoms with Gasteiger partial charge in [0.05, 0.1) is 7.11 Å². The highest BCUT2D eigenvalue weighted by molar-refractivity contribution is 7.99. The summed E-state index contributed by atoms with van der Waals surface area (Å²) in [6.45, 7) is 1.61. The molecule has 0 aromatic rings. The number of carbonyl (C=O) groups is 1. The van der Waals surface area contributed by atoms with Crippen molar-refractivity contribution < 1.29 is 18.3 Å². The van der Waals surface area contributed by atoms with Gasteiger partial charge in [0.1, 0.15) is 5.41 Å². The highest BCUT2D eigenvalue weighted by Gasteiger charge is 2.59. The normalized spacial score (nSPS) is 31.1. The molecule has 0 N–H and O–H groups in total. The molecule has 2 nitrogen and oxygen atoms in total. The molecule has 0 radical (unpaired) electrons. The summed E-state index contributed by atoms with van der Waals surface area (Å²) < 4.78 is 31.8. The topological polar surface area (TPSA) is 26.3 Å². The number of hydrogen-bond donors (Lipinski definition) is 0. The molecule has 82 valence electrons. The number of rotatable bonds is 2. The van der Waals surface area contributed by atoms with Gasteiger partial charge < -0.3 is 4.74 Å². The van der Waals surface area contributed by atoms with Crippen molar-refractivity contribution in [3.8, 4) is 0 Å². The third-order valence-electron chi connectivity index (χ3n) is 2.79. The number of ether oxygens (including phenoxy) is 1. The standard InChI is InChI=1S/C9H14F2O2S/c1-3-8(7(12)13-2)6-14-5-4-9(8,10)11/h3-6H2,1-2H3. The Morgan fingerprint density at radius 1 is 1.57 bits per heavy atom. The zero-order chi connectivity index (χ0) is 10.8. The number of alkyl halides is 2. The second-order valence-electron chi connectivity index (χ2n) is 3.43. The molecular weight excluding hydrogens is 210 g/mol. The molecule has 1 heterocycles. The third kappa shape index (κ3) is 1.62. The third-order valence-corrected chi connectivity index (χ3v) is 3.98. The van der Waals surface area contributed by atoms with Crippen LogP contribution in [-0.2, 0) is 9.53 Å². The molecule has 0 spiro atoms. The van der Waals surface area contributed by atoms with Gasteiger partial charge in [0.15, 0.2) is 0 Å². The van der Waals surface area contributed by atoms with E-state index in [2.05, 4.69) is 4.74 Å². The Morgan fingerprint density at radius 2 is 2.21 bits per heavy atom. The summed E-state index contributed by atoms with van der Waals surface area (Å²) >= 11 is 1.39. The average Bonchev–Trinajstić information content (AvgIpc) is 2.16. The van der Waals surface area contributed by atoms with Crippen molar-refractivity contribution in [1.29, 1.82) is 0 Å². The van der Waals surface area contributed by atoms with Crippen LogP contribution in [0.1, 0.15) is 19.8 Å². The van der Waals surface area contributed by atoms with E-state index in [0.29, 0.717) is 5.75 Å². The van der Waals surface area contributed by atoms with E-state index in [1.165, 1.54) is 11.8 Å². The smallest absolute Gasteiger partial charge is 0.318 e. The summed E-state index contributed by atoms with van der Waals surface area (Å²) in [7, 11) is 1.16. The largest absolute Gasteiger partial charge is 0.468 e. The van der Waals surface area contributed by atoms with Crippen molar-refractivity contribution in [1.82, 2.24) is 0 Å². The molecular formula is C9H14F2O2S. The predicted octanol–water partition coefficient (Wildman–Crippen LogP) is 2.33. The molecule has 14 heavy (non-hydrogen) atoms. The first-order valence-electron chi connectivity index (χ1n) is 4.54. The number of carbonyl (C=O) groups excluding carboxylic acids is 1. The molecule has 0 bridgehead atoms. The van der Waals surface area contributed by atoms with Gasteiger partial charge in [0, 0.05) is 12.2 Å². The Labute approximate surface area is 86.4 Å². The maximum Gasteiger partial charge on any atom is 0.318 e. The lowest BCUT2D eigenvalue weighted by Gasteiger charge is -2.40. The van der Waals surface area contributed by atoms with Crippen LogP contribution in [0.25, 0.3) is 0 Å². The van der Waals surface area contributed by atoms with Gasteiger partial charge in [-0.2, -0.15) is 11.8 Å². The molecule has 0 aliphatic carbocycles. The highest BCUT2D eigenvalue weighted by atomic mass is 32.2. The first kappa shape index (κ1) is 11.8. The lowest BCUT2D eigenvalue weighted by molar-refractivity contribution is -0.180. The van der Waals surface area contributed by atoms with Crippen molar-refractivity contribution in [3.05, 3.63) is 0 Å². The van der Waals surface area contributed by atoms with Crippen LogP contribution < -0.4 is 0 Å². The van der Waals surface area contributed by atoms with Crippen LogP contribution in [0.4, 0.5) is 8.78 Å². The lowest BCUT2D eigenvalue weighted by Crippen LogP contribution is -2.52. The number of esters is 1. The van der Waals surface area contributed by atoms with Gasteiger partial charge in [-0.3, -0.25) is 4.79 Å². The predicted molar refractivity (Wildman–Crippen MR) is 51.6 cm³/mol. The van der Waals surface area contributed by atoms with E-state index in [1.54, 1.807) is 6.92 Å². The molecule has 1 atom stereocenters. The van der Waals surface area contributed by atoms with Crippen LogP contribution in [0, 0.1) is 5.41 Å². The summed E-state index contributed by atoms with van der Waals surface area (Å²) in [4.78, 5) is 11.4. The first-order valence-corrected chi connectivity index (χ1v) is 5.69. The van der Waals surface area contributed by atoms with E-state index in [4.69, 9.17) is 0 Å². The molecule has 0 saturated carbocycles. The van der Waals surface area contributed by atoms with Crippen LogP contribution in [0.5, 0.6) is 0 Å². The Balaban J connectivity index is 3.00. The molecule has 1 saturated heterocycles. The van der Waals surface area contributed by atoms with Crippen molar-refractivity contribution in [2.24, 2.45) is 5.41 Å². The number of halogens is 2. The fraction of sp³-hybridized carbons (Fsp3) is 0.889. The average molecular weight is 224 g/mol. The Kier molecular flexibility index (Phi) is 3.40. The summed E-state index contributed by atoms with van der Waals surface area (Å²) in [6, 6.07) is 0. The fourth-order valence-corrected chi connectivity index (χ4v) is 3.13. The summed E-state index contributed by atoms with van der Waals surface area (Å²) in [5.41, 5.74) is -1.61. The second-order valence-corrected chi connectivity index (χ2v) is 4.54. The van der Waals surface area contributed by atoms with Crippen molar-refractivity contribution >= 4 is 17.7 Å². The lowest BCUT2D eigenvalue weighted by atomic mass is 9.79. The quantitative estimate of drug-likeness (QED) is 0.673. The van der Waals surface area contributed by atoms with Crippen LogP contribution >= 0.6 is 11.8 Å². The zero-order valence-corrected chi connectivity index (χ0v) is 9.13. The highest BCUT2D eigenvalue weighted by Crippen LogP contribution is 2.49. The molecule has 1 aliphatic rings. The minimum absolute atomic E-state index is 0.125. The monoisotopic (exact) mass is 224 g/mol. The molecule has 1 unspecified atom stereocenters. The second kappa shape index (κ2) is 4.04. The number of hydrogen-bond acceptors (Lipinski definition) is 3. The van der Waals surface area contributed by atoms with E-state index in [1.807, 2.05) is 0 Å². The minimum atomic E-state index is -2.93. The maximum absolute atomic E-state index is 13.6. The van der Waals surface area contributed by atoms with E-state index in [9.17, 15) is 13.6 Å². The molecule has 1 aliphatic heterocycles. The van der Waals surface area contributed by atoms with E-state index in [0.717, 1.165) is 7.11 Å². The summed E-state index contributed by atoms with van der Waals surface area (Å²) in [6.07, 6.45) is -0.111. The molecule has 1 fully saturated rings. The molecule has 1 rings (SSSR count). The van der Waals surface area contributed by atoms with Crippen LogP contribution in [0.3, 0.4) is 0 Å². The van der Waals surface area contributed by atoms with Gasteiger partial charge in [-0.15, -0.1) is 0 Å². The Hall–Kier alpha value is -0.320. The van der Waals surface area contributed by atoms with Crippen molar-refractivity contribution in [3.63, 3.8) is 0 Å². The van der Waals surface area contributed by atoms with E-state index >= 15 is 0 Å².